The van der Waals surface area contributed by atoms with Gasteiger partial charge in [-0.1, -0.05) is 64.7 Å². The number of carbonyl (C=O) groups is 2. The number of aliphatic hydroxyl groups is 1. The van der Waals surface area contributed by atoms with Gasteiger partial charge < -0.3 is 14.9 Å². The summed E-state index contributed by atoms with van der Waals surface area (Å²) < 4.78 is 5.31. The van der Waals surface area contributed by atoms with Crippen molar-refractivity contribution in [3.63, 3.8) is 0 Å². The van der Waals surface area contributed by atoms with Crippen LogP contribution in [0.25, 0.3) is 0 Å². The lowest BCUT2D eigenvalue weighted by molar-refractivity contribution is -0.153. The van der Waals surface area contributed by atoms with E-state index in [9.17, 15) is 14.7 Å². The van der Waals surface area contributed by atoms with Crippen molar-refractivity contribution in [1.29, 1.82) is 0 Å². The highest BCUT2D eigenvalue weighted by atomic mass is 16.6. The monoisotopic (exact) mass is 358 g/mol. The lowest BCUT2D eigenvalue weighted by Crippen LogP contribution is -2.30. The van der Waals surface area contributed by atoms with Gasteiger partial charge in [-0.15, -0.1) is 0 Å². The summed E-state index contributed by atoms with van der Waals surface area (Å²) in [7, 11) is 0. The minimum Gasteiger partial charge on any atom is -0.481 e. The van der Waals surface area contributed by atoms with Crippen LogP contribution in [0.1, 0.15) is 104 Å². The normalized spacial score (nSPS) is 13.4. The molecule has 0 aromatic rings. The van der Waals surface area contributed by atoms with E-state index in [4.69, 9.17) is 9.84 Å². The summed E-state index contributed by atoms with van der Waals surface area (Å²) in [6.07, 6.45) is 12.1. The quantitative estimate of drug-likeness (QED) is 0.287. The van der Waals surface area contributed by atoms with Crippen LogP contribution in [-0.4, -0.2) is 34.4 Å². The lowest BCUT2D eigenvalue weighted by Gasteiger charge is -2.22. The molecule has 0 unspecified atom stereocenters. The van der Waals surface area contributed by atoms with Crippen molar-refractivity contribution in [3.8, 4) is 0 Å². The first kappa shape index (κ1) is 23.9. The summed E-state index contributed by atoms with van der Waals surface area (Å²) in [5.41, 5.74) is 0. The summed E-state index contributed by atoms with van der Waals surface area (Å²) in [5.74, 6) is -1.07. The first-order valence-corrected chi connectivity index (χ1v) is 10.0. The molecule has 0 aliphatic heterocycles. The zero-order chi connectivity index (χ0) is 18.9. The fraction of sp³-hybridized carbons (Fsp3) is 0.900. The maximum atomic E-state index is 11.3. The molecule has 0 fully saturated rings. The Kier molecular flexibility index (Phi) is 15.7. The highest BCUT2D eigenvalue weighted by Crippen LogP contribution is 2.17. The lowest BCUT2D eigenvalue weighted by atomic mass is 9.99. The Balaban J connectivity index is 3.87. The topological polar surface area (TPSA) is 83.8 Å². The maximum absolute atomic E-state index is 11.3. The first-order valence-electron chi connectivity index (χ1n) is 10.0. The molecule has 5 heteroatoms. The number of rotatable bonds is 17. The van der Waals surface area contributed by atoms with Gasteiger partial charge in [-0.25, -0.2) is 0 Å². The van der Waals surface area contributed by atoms with Gasteiger partial charge in [-0.2, -0.15) is 0 Å². The molecule has 0 aliphatic carbocycles. The highest BCUT2D eigenvalue weighted by molar-refractivity contribution is 5.66. The molecule has 5 nitrogen and oxygen atoms in total. The van der Waals surface area contributed by atoms with Gasteiger partial charge >= 0.3 is 11.9 Å². The average Bonchev–Trinajstić information content (AvgIpc) is 2.55. The standard InChI is InChI=1S/C20H38O5/c1-3-4-5-6-9-12-15-19(25-17(2)21)18(22)14-11-8-7-10-13-16-20(23)24/h18-19,22H,3-16H2,1-2H3,(H,23,24)/t18-,19+/m1/s1. The number of ether oxygens (including phenoxy) is 1. The average molecular weight is 359 g/mol. The van der Waals surface area contributed by atoms with Crippen molar-refractivity contribution in [3.05, 3.63) is 0 Å². The molecule has 0 amide bonds. The van der Waals surface area contributed by atoms with E-state index >= 15 is 0 Å². The second kappa shape index (κ2) is 16.4. The third-order valence-electron chi connectivity index (χ3n) is 4.48. The molecular formula is C20H38O5. The van der Waals surface area contributed by atoms with Crippen LogP contribution < -0.4 is 0 Å². The van der Waals surface area contributed by atoms with Crippen molar-refractivity contribution < 1.29 is 24.5 Å². The fourth-order valence-electron chi connectivity index (χ4n) is 3.01. The fourth-order valence-corrected chi connectivity index (χ4v) is 3.01. The van der Waals surface area contributed by atoms with Crippen LogP contribution in [0.4, 0.5) is 0 Å². The number of carboxylic acids is 1. The van der Waals surface area contributed by atoms with Crippen LogP contribution >= 0.6 is 0 Å². The number of hydrogen-bond donors (Lipinski definition) is 2. The van der Waals surface area contributed by atoms with Gasteiger partial charge in [-0.05, 0) is 25.7 Å². The third-order valence-corrected chi connectivity index (χ3v) is 4.48. The van der Waals surface area contributed by atoms with Crippen LogP contribution in [0, 0.1) is 0 Å². The second-order valence-corrected chi connectivity index (χ2v) is 6.97. The molecule has 0 aromatic carbocycles. The van der Waals surface area contributed by atoms with Crippen LogP contribution in [0.3, 0.4) is 0 Å². The summed E-state index contributed by atoms with van der Waals surface area (Å²) in [6.45, 7) is 3.59. The third kappa shape index (κ3) is 16.1. The molecule has 0 saturated carbocycles. The van der Waals surface area contributed by atoms with Crippen molar-refractivity contribution in [2.45, 2.75) is 116 Å². The molecule has 0 rings (SSSR count). The van der Waals surface area contributed by atoms with E-state index in [1.165, 1.54) is 32.6 Å². The molecule has 2 N–H and O–H groups in total. The predicted octanol–water partition coefficient (Wildman–Crippen LogP) is 4.84. The summed E-state index contributed by atoms with van der Waals surface area (Å²) >= 11 is 0. The molecule has 0 spiro atoms. The highest BCUT2D eigenvalue weighted by Gasteiger charge is 2.21. The molecule has 0 bridgehead atoms. The van der Waals surface area contributed by atoms with Gasteiger partial charge in [0.15, 0.2) is 0 Å². The van der Waals surface area contributed by atoms with E-state index in [-0.39, 0.29) is 12.4 Å². The van der Waals surface area contributed by atoms with E-state index in [1.54, 1.807) is 0 Å². The Bertz CT molecular complexity index is 343. The van der Waals surface area contributed by atoms with Gasteiger partial charge in [0.1, 0.15) is 6.10 Å². The molecule has 0 aliphatic rings. The number of hydrogen-bond acceptors (Lipinski definition) is 4. The smallest absolute Gasteiger partial charge is 0.303 e. The largest absolute Gasteiger partial charge is 0.481 e. The Morgan fingerprint density at radius 2 is 1.36 bits per heavy atom. The number of unbranched alkanes of at least 4 members (excludes halogenated alkanes) is 9. The van der Waals surface area contributed by atoms with Crippen LogP contribution in [0.15, 0.2) is 0 Å². The Morgan fingerprint density at radius 1 is 0.840 bits per heavy atom. The Hall–Kier alpha value is -1.10. The van der Waals surface area contributed by atoms with Crippen molar-refractivity contribution in [2.24, 2.45) is 0 Å². The first-order chi connectivity index (χ1) is 12.0. The Morgan fingerprint density at radius 3 is 1.92 bits per heavy atom. The Labute approximate surface area is 153 Å². The molecule has 148 valence electrons. The minimum absolute atomic E-state index is 0.232. The number of aliphatic carboxylic acids is 1. The number of carbonyl (C=O) groups excluding carboxylic acids is 1. The van der Waals surface area contributed by atoms with Gasteiger partial charge in [0.25, 0.3) is 0 Å². The molecule has 25 heavy (non-hydrogen) atoms. The van der Waals surface area contributed by atoms with E-state index in [2.05, 4.69) is 6.92 Å². The van der Waals surface area contributed by atoms with E-state index in [0.717, 1.165) is 44.9 Å². The zero-order valence-electron chi connectivity index (χ0n) is 16.2. The van der Waals surface area contributed by atoms with Gasteiger partial charge in [0.2, 0.25) is 0 Å². The number of carboxylic acid groups (broad SMARTS) is 1. The van der Waals surface area contributed by atoms with Gasteiger partial charge in [0, 0.05) is 13.3 Å². The second-order valence-electron chi connectivity index (χ2n) is 6.97. The zero-order valence-corrected chi connectivity index (χ0v) is 16.2. The molecule has 0 heterocycles. The van der Waals surface area contributed by atoms with Crippen LogP contribution in [-0.2, 0) is 14.3 Å². The number of esters is 1. The van der Waals surface area contributed by atoms with Crippen molar-refractivity contribution in [1.82, 2.24) is 0 Å². The number of aliphatic hydroxyl groups excluding tert-OH is 1. The minimum atomic E-state index is -0.741. The van der Waals surface area contributed by atoms with Crippen molar-refractivity contribution in [2.75, 3.05) is 0 Å². The summed E-state index contributed by atoms with van der Waals surface area (Å²) in [4.78, 5) is 21.7. The van der Waals surface area contributed by atoms with E-state index < -0.39 is 18.2 Å². The van der Waals surface area contributed by atoms with Crippen LogP contribution in [0.5, 0.6) is 0 Å². The molecule has 2 atom stereocenters. The van der Waals surface area contributed by atoms with Crippen LogP contribution in [0.2, 0.25) is 0 Å². The van der Waals surface area contributed by atoms with Crippen molar-refractivity contribution >= 4 is 11.9 Å². The SMILES string of the molecule is CCCCCCCC[C@H](OC(C)=O)[C@H](O)CCCCCCCC(=O)O. The molecule has 0 saturated heterocycles. The van der Waals surface area contributed by atoms with E-state index in [1.807, 2.05) is 0 Å². The maximum Gasteiger partial charge on any atom is 0.303 e. The molecule has 0 aromatic heterocycles. The summed E-state index contributed by atoms with van der Waals surface area (Å²) in [5, 5.41) is 18.9. The van der Waals surface area contributed by atoms with E-state index in [0.29, 0.717) is 12.8 Å². The summed E-state index contributed by atoms with van der Waals surface area (Å²) in [6, 6.07) is 0. The molecular weight excluding hydrogens is 320 g/mol. The van der Waals surface area contributed by atoms with Gasteiger partial charge in [-0.3, -0.25) is 9.59 Å². The predicted molar refractivity (Wildman–Crippen MR) is 99.5 cm³/mol. The van der Waals surface area contributed by atoms with Gasteiger partial charge in [0.05, 0.1) is 6.10 Å². The molecule has 0 radical (unpaired) electrons.